The molecule has 0 saturated heterocycles. The van der Waals surface area contributed by atoms with Crippen LogP contribution in [0.3, 0.4) is 0 Å². The molecule has 1 aromatic heterocycles. The Bertz CT molecular complexity index is 350. The van der Waals surface area contributed by atoms with E-state index in [9.17, 15) is 0 Å². The number of aromatic nitrogens is 2. The van der Waals surface area contributed by atoms with Crippen LogP contribution in [0, 0.1) is 0 Å². The van der Waals surface area contributed by atoms with Crippen LogP contribution < -0.4 is 4.74 Å². The molecule has 0 unspecified atom stereocenters. The number of alkyl halides is 1. The Labute approximate surface area is 112 Å². The lowest BCUT2D eigenvalue weighted by Crippen LogP contribution is -2.22. The topological polar surface area (TPSA) is 36.3 Å². The molecule has 4 nitrogen and oxygen atoms in total. The van der Waals surface area contributed by atoms with Crippen molar-refractivity contribution in [3.63, 3.8) is 0 Å². The maximum Gasteiger partial charge on any atom is 0.160 e. The summed E-state index contributed by atoms with van der Waals surface area (Å²) in [6.07, 6.45) is 1.72. The minimum atomic E-state index is -1.01. The number of hydrogen-bond acceptors (Lipinski definition) is 3. The molecule has 1 heterocycles. The van der Waals surface area contributed by atoms with Crippen LogP contribution in [-0.4, -0.2) is 31.6 Å². The molecule has 17 heavy (non-hydrogen) atoms. The summed E-state index contributed by atoms with van der Waals surface area (Å²) in [6.45, 7) is 8.33. The van der Waals surface area contributed by atoms with E-state index in [0.717, 1.165) is 18.1 Å². The van der Waals surface area contributed by atoms with E-state index in [0.29, 0.717) is 12.1 Å². The molecule has 98 valence electrons. The molecular formula is C11H21BrN2O2Si. The first-order valence-electron chi connectivity index (χ1n) is 5.70. The highest BCUT2D eigenvalue weighted by molar-refractivity contribution is 9.08. The van der Waals surface area contributed by atoms with Crippen LogP contribution in [0.25, 0.3) is 0 Å². The molecule has 0 amide bonds. The lowest BCUT2D eigenvalue weighted by Gasteiger charge is -2.15. The predicted molar refractivity (Wildman–Crippen MR) is 75.5 cm³/mol. The molecular weight excluding hydrogens is 300 g/mol. The van der Waals surface area contributed by atoms with Crippen LogP contribution in [0.15, 0.2) is 6.20 Å². The Balaban J connectivity index is 2.44. The Morgan fingerprint density at radius 2 is 2.12 bits per heavy atom. The summed E-state index contributed by atoms with van der Waals surface area (Å²) in [5.41, 5.74) is 1.01. The minimum absolute atomic E-state index is 0.495. The van der Waals surface area contributed by atoms with Gasteiger partial charge in [0.1, 0.15) is 6.73 Å². The van der Waals surface area contributed by atoms with Gasteiger partial charge in [-0.15, -0.1) is 0 Å². The third-order valence-corrected chi connectivity index (χ3v) is 4.70. The zero-order valence-corrected chi connectivity index (χ0v) is 13.6. The van der Waals surface area contributed by atoms with E-state index in [1.165, 1.54) is 6.04 Å². The van der Waals surface area contributed by atoms with Gasteiger partial charge in [-0.05, 0) is 6.04 Å². The van der Waals surface area contributed by atoms with Gasteiger partial charge in [0.2, 0.25) is 0 Å². The highest BCUT2D eigenvalue weighted by Crippen LogP contribution is 2.20. The monoisotopic (exact) mass is 320 g/mol. The normalized spacial score (nSPS) is 11.8. The number of halogens is 1. The lowest BCUT2D eigenvalue weighted by molar-refractivity contribution is 0.0768. The fourth-order valence-corrected chi connectivity index (χ4v) is 2.66. The van der Waals surface area contributed by atoms with E-state index in [1.807, 2.05) is 4.68 Å². The zero-order chi connectivity index (χ0) is 12.9. The largest absolute Gasteiger partial charge is 0.493 e. The van der Waals surface area contributed by atoms with Gasteiger partial charge in [-0.1, -0.05) is 35.6 Å². The summed E-state index contributed by atoms with van der Waals surface area (Å²) < 4.78 is 12.7. The van der Waals surface area contributed by atoms with Gasteiger partial charge >= 0.3 is 0 Å². The van der Waals surface area contributed by atoms with Gasteiger partial charge in [-0.3, -0.25) is 0 Å². The second-order valence-corrected chi connectivity index (χ2v) is 11.3. The predicted octanol–water partition coefficient (Wildman–Crippen LogP) is 3.10. The van der Waals surface area contributed by atoms with Crippen molar-refractivity contribution in [3.8, 4) is 5.75 Å². The molecule has 0 aliphatic carbocycles. The maximum absolute atomic E-state index is 5.65. The number of methoxy groups -OCH3 is 1. The molecule has 0 saturated carbocycles. The smallest absolute Gasteiger partial charge is 0.160 e. The first-order chi connectivity index (χ1) is 7.98. The van der Waals surface area contributed by atoms with Crippen molar-refractivity contribution in [2.75, 3.05) is 13.7 Å². The van der Waals surface area contributed by atoms with Crippen LogP contribution in [0.4, 0.5) is 0 Å². The van der Waals surface area contributed by atoms with Crippen molar-refractivity contribution in [2.45, 2.75) is 37.7 Å². The van der Waals surface area contributed by atoms with E-state index >= 15 is 0 Å². The molecule has 0 aromatic carbocycles. The fraction of sp³-hybridized carbons (Fsp3) is 0.727. The SMILES string of the molecule is COc1cnn(COCC[Si](C)(C)C)c1CBr. The Morgan fingerprint density at radius 3 is 2.65 bits per heavy atom. The van der Waals surface area contributed by atoms with Gasteiger partial charge in [0, 0.05) is 20.0 Å². The first-order valence-corrected chi connectivity index (χ1v) is 10.5. The number of rotatable bonds is 7. The molecule has 0 spiro atoms. The molecule has 0 aliphatic rings. The zero-order valence-electron chi connectivity index (χ0n) is 11.0. The Hall–Kier alpha value is -0.333. The quantitative estimate of drug-likeness (QED) is 0.440. The van der Waals surface area contributed by atoms with Crippen LogP contribution in [0.1, 0.15) is 5.69 Å². The molecule has 0 bridgehead atoms. The first kappa shape index (κ1) is 14.7. The molecule has 6 heteroatoms. The van der Waals surface area contributed by atoms with Gasteiger partial charge in [-0.2, -0.15) is 5.10 Å². The average Bonchev–Trinajstić information content (AvgIpc) is 2.65. The molecule has 0 N–H and O–H groups in total. The standard InChI is InChI=1S/C11H21BrN2O2Si/c1-15-11-8-13-14(10(11)7-12)9-16-5-6-17(2,3)4/h8H,5-7,9H2,1-4H3. The molecule has 0 fully saturated rings. The summed E-state index contributed by atoms with van der Waals surface area (Å²) in [6, 6.07) is 1.18. The fourth-order valence-electron chi connectivity index (χ4n) is 1.34. The van der Waals surface area contributed by atoms with Crippen molar-refractivity contribution < 1.29 is 9.47 Å². The van der Waals surface area contributed by atoms with E-state index in [1.54, 1.807) is 13.3 Å². The van der Waals surface area contributed by atoms with Crippen LogP contribution in [-0.2, 0) is 16.8 Å². The molecule has 0 radical (unpaired) electrons. The molecule has 1 aromatic rings. The number of hydrogen-bond donors (Lipinski definition) is 0. The third kappa shape index (κ3) is 4.81. The summed E-state index contributed by atoms with van der Waals surface area (Å²) >= 11 is 3.43. The van der Waals surface area contributed by atoms with E-state index in [2.05, 4.69) is 40.7 Å². The summed E-state index contributed by atoms with van der Waals surface area (Å²) in [7, 11) is 0.645. The number of ether oxygens (including phenoxy) is 2. The van der Waals surface area contributed by atoms with Gasteiger partial charge in [0.25, 0.3) is 0 Å². The van der Waals surface area contributed by atoms with Gasteiger partial charge < -0.3 is 9.47 Å². The van der Waals surface area contributed by atoms with Crippen molar-refractivity contribution in [3.05, 3.63) is 11.9 Å². The highest BCUT2D eigenvalue weighted by atomic mass is 79.9. The van der Waals surface area contributed by atoms with E-state index < -0.39 is 8.07 Å². The van der Waals surface area contributed by atoms with Crippen molar-refractivity contribution in [2.24, 2.45) is 0 Å². The van der Waals surface area contributed by atoms with Gasteiger partial charge in [0.05, 0.1) is 19.0 Å². The third-order valence-electron chi connectivity index (χ3n) is 2.47. The van der Waals surface area contributed by atoms with Crippen molar-refractivity contribution in [1.29, 1.82) is 0 Å². The number of nitrogens with zero attached hydrogens (tertiary/aromatic N) is 2. The average molecular weight is 321 g/mol. The van der Waals surface area contributed by atoms with Crippen molar-refractivity contribution in [1.82, 2.24) is 9.78 Å². The molecule has 1 rings (SSSR count). The van der Waals surface area contributed by atoms with Crippen LogP contribution in [0.2, 0.25) is 25.7 Å². The van der Waals surface area contributed by atoms with Gasteiger partial charge in [0.15, 0.2) is 5.75 Å². The minimum Gasteiger partial charge on any atom is -0.493 e. The Kier molecular flexibility index (Phi) is 5.68. The second kappa shape index (κ2) is 6.56. The van der Waals surface area contributed by atoms with E-state index in [4.69, 9.17) is 9.47 Å². The van der Waals surface area contributed by atoms with Crippen LogP contribution in [0.5, 0.6) is 5.75 Å². The summed E-state index contributed by atoms with van der Waals surface area (Å²) in [4.78, 5) is 0. The Morgan fingerprint density at radius 1 is 1.41 bits per heavy atom. The molecule has 0 atom stereocenters. The lowest BCUT2D eigenvalue weighted by atomic mass is 10.4. The maximum atomic E-state index is 5.65. The highest BCUT2D eigenvalue weighted by Gasteiger charge is 2.13. The summed E-state index contributed by atoms with van der Waals surface area (Å²) in [5.74, 6) is 0.802. The van der Waals surface area contributed by atoms with E-state index in [-0.39, 0.29) is 0 Å². The van der Waals surface area contributed by atoms with Gasteiger partial charge in [-0.25, -0.2) is 4.68 Å². The van der Waals surface area contributed by atoms with Crippen molar-refractivity contribution >= 4 is 24.0 Å². The van der Waals surface area contributed by atoms with Crippen LogP contribution >= 0.6 is 15.9 Å². The molecule has 0 aliphatic heterocycles. The summed E-state index contributed by atoms with van der Waals surface area (Å²) in [5, 5.41) is 4.96. The second-order valence-electron chi connectivity index (χ2n) is 5.14.